The third kappa shape index (κ3) is 5.40. The van der Waals surface area contributed by atoms with Crippen molar-refractivity contribution in [1.82, 2.24) is 0 Å². The van der Waals surface area contributed by atoms with E-state index in [-0.39, 0.29) is 11.5 Å². The molecule has 3 aromatic rings. The Balaban J connectivity index is 1.76. The standard InChI is InChI=1S/C30H29N3O3S/c1-18-10-12-22(14-20(18)3)16-27-29(35)33(23-13-11-19(2)21(4)15-23)30(37-27)24(17-31)28(34)32-25-8-6-7-9-26(25)36-5/h6-15,27H,16H2,1-5H3,(H,32,34)/b30-24-. The molecule has 1 N–H and O–H groups in total. The quantitative estimate of drug-likeness (QED) is 0.325. The summed E-state index contributed by atoms with van der Waals surface area (Å²) in [7, 11) is 1.51. The van der Waals surface area contributed by atoms with E-state index >= 15 is 0 Å². The number of nitrogens with zero attached hydrogens (tertiary/aromatic N) is 2. The lowest BCUT2D eigenvalue weighted by Crippen LogP contribution is -2.31. The topological polar surface area (TPSA) is 82.4 Å². The van der Waals surface area contributed by atoms with Gasteiger partial charge in [-0.05, 0) is 86.2 Å². The molecule has 1 heterocycles. The van der Waals surface area contributed by atoms with Gasteiger partial charge in [-0.25, -0.2) is 0 Å². The summed E-state index contributed by atoms with van der Waals surface area (Å²) in [5.41, 5.74) is 6.45. The fourth-order valence-electron chi connectivity index (χ4n) is 4.16. The number of benzene rings is 3. The minimum absolute atomic E-state index is 0.120. The summed E-state index contributed by atoms with van der Waals surface area (Å²) in [5, 5.41) is 12.7. The van der Waals surface area contributed by atoms with Crippen LogP contribution >= 0.6 is 11.8 Å². The van der Waals surface area contributed by atoms with Crippen molar-refractivity contribution in [1.29, 1.82) is 5.26 Å². The molecule has 188 valence electrons. The molecule has 3 aromatic carbocycles. The van der Waals surface area contributed by atoms with Crippen LogP contribution < -0.4 is 15.0 Å². The zero-order valence-electron chi connectivity index (χ0n) is 21.6. The van der Waals surface area contributed by atoms with Crippen LogP contribution in [0.25, 0.3) is 0 Å². The lowest BCUT2D eigenvalue weighted by molar-refractivity contribution is -0.117. The highest BCUT2D eigenvalue weighted by Crippen LogP contribution is 2.42. The minimum Gasteiger partial charge on any atom is -0.495 e. The van der Waals surface area contributed by atoms with Crippen LogP contribution in [0.4, 0.5) is 11.4 Å². The highest BCUT2D eigenvalue weighted by atomic mass is 32.2. The number of thioether (sulfide) groups is 1. The van der Waals surface area contributed by atoms with Crippen molar-refractivity contribution in [3.05, 3.63) is 99.1 Å². The van der Waals surface area contributed by atoms with Gasteiger partial charge in [0.25, 0.3) is 5.91 Å². The van der Waals surface area contributed by atoms with Gasteiger partial charge >= 0.3 is 0 Å². The van der Waals surface area contributed by atoms with Crippen LogP contribution in [-0.4, -0.2) is 24.2 Å². The number of methoxy groups -OCH3 is 1. The SMILES string of the molecule is COc1ccccc1NC(=O)/C(C#N)=C1\SC(Cc2ccc(C)c(C)c2)C(=O)N1c1ccc(C)c(C)c1. The third-order valence-electron chi connectivity index (χ3n) is 6.60. The summed E-state index contributed by atoms with van der Waals surface area (Å²) in [5.74, 6) is -0.269. The molecule has 1 aliphatic rings. The van der Waals surface area contributed by atoms with Crippen LogP contribution in [0, 0.1) is 39.0 Å². The van der Waals surface area contributed by atoms with E-state index in [1.807, 2.05) is 51.1 Å². The first-order valence-corrected chi connectivity index (χ1v) is 12.8. The zero-order valence-corrected chi connectivity index (χ0v) is 22.4. The number of amides is 2. The average molecular weight is 512 g/mol. The first kappa shape index (κ1) is 26.1. The molecule has 0 radical (unpaired) electrons. The van der Waals surface area contributed by atoms with E-state index in [1.165, 1.54) is 29.3 Å². The third-order valence-corrected chi connectivity index (χ3v) is 7.86. The molecule has 4 rings (SSSR count). The summed E-state index contributed by atoms with van der Waals surface area (Å²) in [6.45, 7) is 8.07. The van der Waals surface area contributed by atoms with Gasteiger partial charge in [0.05, 0.1) is 18.0 Å². The second kappa shape index (κ2) is 10.9. The molecule has 1 saturated heterocycles. The molecule has 0 aromatic heterocycles. The minimum atomic E-state index is -0.594. The number of para-hydroxylation sites is 2. The molecule has 0 aliphatic carbocycles. The van der Waals surface area contributed by atoms with Crippen molar-refractivity contribution in [2.45, 2.75) is 39.4 Å². The zero-order chi connectivity index (χ0) is 26.7. The maximum absolute atomic E-state index is 13.8. The number of carbonyl (C=O) groups excluding carboxylic acids is 2. The number of aryl methyl sites for hydroxylation is 4. The fraction of sp³-hybridized carbons (Fsp3) is 0.233. The molecule has 37 heavy (non-hydrogen) atoms. The predicted molar refractivity (Wildman–Crippen MR) is 149 cm³/mol. The highest BCUT2D eigenvalue weighted by Gasteiger charge is 2.41. The Morgan fingerprint density at radius 1 is 1.00 bits per heavy atom. The molecule has 2 amide bonds. The molecule has 0 saturated carbocycles. The predicted octanol–water partition coefficient (Wildman–Crippen LogP) is 5.99. The molecule has 1 fully saturated rings. The maximum atomic E-state index is 13.8. The van der Waals surface area contributed by atoms with Crippen LogP contribution in [0.15, 0.2) is 71.3 Å². The summed E-state index contributed by atoms with van der Waals surface area (Å²) in [4.78, 5) is 28.6. The second-order valence-corrected chi connectivity index (χ2v) is 10.3. The molecule has 1 aliphatic heterocycles. The fourth-order valence-corrected chi connectivity index (χ4v) is 5.47. The first-order chi connectivity index (χ1) is 17.7. The first-order valence-electron chi connectivity index (χ1n) is 12.0. The molecule has 0 bridgehead atoms. The lowest BCUT2D eigenvalue weighted by atomic mass is 10.0. The molecule has 1 atom stereocenters. The van der Waals surface area contributed by atoms with E-state index in [0.29, 0.717) is 28.6 Å². The van der Waals surface area contributed by atoms with E-state index < -0.39 is 11.2 Å². The largest absolute Gasteiger partial charge is 0.495 e. The number of hydrogen-bond acceptors (Lipinski definition) is 5. The van der Waals surface area contributed by atoms with Gasteiger partial charge in [0.2, 0.25) is 5.91 Å². The van der Waals surface area contributed by atoms with Crippen molar-refractivity contribution in [2.24, 2.45) is 0 Å². The monoisotopic (exact) mass is 511 g/mol. The molecular formula is C30H29N3O3S. The number of nitriles is 1. The number of hydrogen-bond donors (Lipinski definition) is 1. The second-order valence-electron chi connectivity index (χ2n) is 9.12. The van der Waals surface area contributed by atoms with Gasteiger partial charge < -0.3 is 10.1 Å². The van der Waals surface area contributed by atoms with Gasteiger partial charge in [0.15, 0.2) is 0 Å². The van der Waals surface area contributed by atoms with Gasteiger partial charge in [-0.1, -0.05) is 48.2 Å². The van der Waals surface area contributed by atoms with Gasteiger partial charge in [0, 0.05) is 5.69 Å². The van der Waals surface area contributed by atoms with E-state index in [0.717, 1.165) is 22.3 Å². The Morgan fingerprint density at radius 2 is 1.68 bits per heavy atom. The maximum Gasteiger partial charge on any atom is 0.269 e. The Bertz CT molecular complexity index is 1450. The van der Waals surface area contributed by atoms with Crippen molar-refractivity contribution >= 4 is 35.0 Å². The van der Waals surface area contributed by atoms with Crippen molar-refractivity contribution in [3.63, 3.8) is 0 Å². The molecule has 7 heteroatoms. The molecule has 0 spiro atoms. The van der Waals surface area contributed by atoms with E-state index in [9.17, 15) is 14.9 Å². The average Bonchev–Trinajstić information content (AvgIpc) is 3.19. The molecule has 1 unspecified atom stereocenters. The Kier molecular flexibility index (Phi) is 7.70. The summed E-state index contributed by atoms with van der Waals surface area (Å²) in [6, 6.07) is 20.9. The van der Waals surface area contributed by atoms with Gasteiger partial charge in [0.1, 0.15) is 22.4 Å². The van der Waals surface area contributed by atoms with Crippen molar-refractivity contribution in [2.75, 3.05) is 17.3 Å². The van der Waals surface area contributed by atoms with E-state index in [1.54, 1.807) is 24.3 Å². The summed E-state index contributed by atoms with van der Waals surface area (Å²) < 4.78 is 5.33. The van der Waals surface area contributed by atoms with Crippen LogP contribution in [0.5, 0.6) is 5.75 Å². The van der Waals surface area contributed by atoms with Crippen LogP contribution in [-0.2, 0) is 16.0 Å². The van der Waals surface area contributed by atoms with Crippen molar-refractivity contribution in [3.8, 4) is 11.8 Å². The Morgan fingerprint density at radius 3 is 2.32 bits per heavy atom. The van der Waals surface area contributed by atoms with E-state index in [2.05, 4.69) is 24.4 Å². The number of carbonyl (C=O) groups is 2. The van der Waals surface area contributed by atoms with Crippen LogP contribution in [0.3, 0.4) is 0 Å². The lowest BCUT2D eigenvalue weighted by Gasteiger charge is -2.20. The Labute approximate surface area is 221 Å². The van der Waals surface area contributed by atoms with Crippen LogP contribution in [0.1, 0.15) is 27.8 Å². The highest BCUT2D eigenvalue weighted by molar-refractivity contribution is 8.05. The molecular weight excluding hydrogens is 482 g/mol. The smallest absolute Gasteiger partial charge is 0.269 e. The molecule has 6 nitrogen and oxygen atoms in total. The Hall–Kier alpha value is -4.02. The van der Waals surface area contributed by atoms with Gasteiger partial charge in [-0.15, -0.1) is 0 Å². The summed E-state index contributed by atoms with van der Waals surface area (Å²) >= 11 is 1.26. The normalized spacial score (nSPS) is 16.4. The van der Waals surface area contributed by atoms with Gasteiger partial charge in [-0.2, -0.15) is 5.26 Å². The van der Waals surface area contributed by atoms with Crippen LogP contribution in [0.2, 0.25) is 0 Å². The van der Waals surface area contributed by atoms with Crippen molar-refractivity contribution < 1.29 is 14.3 Å². The summed E-state index contributed by atoms with van der Waals surface area (Å²) in [6.07, 6.45) is 0.488. The number of ether oxygens (including phenoxy) is 1. The number of rotatable bonds is 6. The number of nitrogens with one attached hydrogen (secondary N) is 1. The van der Waals surface area contributed by atoms with E-state index in [4.69, 9.17) is 4.74 Å². The van der Waals surface area contributed by atoms with Gasteiger partial charge in [-0.3, -0.25) is 14.5 Å². The number of anilines is 2.